The summed E-state index contributed by atoms with van der Waals surface area (Å²) < 4.78 is 10.2. The Balaban J connectivity index is 1.94. The van der Waals surface area contributed by atoms with Gasteiger partial charge in [-0.25, -0.2) is 4.79 Å². The molecule has 0 radical (unpaired) electrons. The van der Waals surface area contributed by atoms with Gasteiger partial charge in [0.1, 0.15) is 5.75 Å². The van der Waals surface area contributed by atoms with E-state index in [4.69, 9.17) is 27.9 Å². The molecule has 2 aromatic heterocycles. The van der Waals surface area contributed by atoms with Gasteiger partial charge in [0.2, 0.25) is 0 Å². The van der Waals surface area contributed by atoms with Gasteiger partial charge in [-0.1, -0.05) is 35.3 Å². The van der Waals surface area contributed by atoms with Gasteiger partial charge < -0.3 is 4.74 Å². The first-order valence-electron chi connectivity index (χ1n) is 9.52. The van der Waals surface area contributed by atoms with Crippen LogP contribution in [0.2, 0.25) is 10.0 Å². The summed E-state index contributed by atoms with van der Waals surface area (Å²) in [6.45, 7) is 4.08. The lowest BCUT2D eigenvalue weighted by Crippen LogP contribution is -2.37. The highest BCUT2D eigenvalue weighted by Gasteiger charge is 2.21. The zero-order chi connectivity index (χ0) is 22.4. The van der Waals surface area contributed by atoms with Crippen LogP contribution in [0, 0.1) is 13.8 Å². The first-order valence-corrected chi connectivity index (χ1v) is 10.3. The third-order valence-electron chi connectivity index (χ3n) is 5.19. The minimum absolute atomic E-state index is 0.198. The number of benzene rings is 2. The molecule has 0 aliphatic carbocycles. The number of imidazole rings is 1. The molecule has 0 amide bonds. The predicted octanol–water partition coefficient (Wildman–Crippen LogP) is 4.20. The number of ether oxygens (including phenoxy) is 1. The van der Waals surface area contributed by atoms with Crippen molar-refractivity contribution in [2.45, 2.75) is 20.4 Å². The number of halogens is 2. The molecule has 0 fully saturated rings. The summed E-state index contributed by atoms with van der Waals surface area (Å²) in [5, 5.41) is 1.28. The normalized spacial score (nSPS) is 11.3. The minimum atomic E-state index is -0.460. The fourth-order valence-electron chi connectivity index (χ4n) is 3.49. The second-order valence-electron chi connectivity index (χ2n) is 7.46. The zero-order valence-electron chi connectivity index (χ0n) is 17.4. The summed E-state index contributed by atoms with van der Waals surface area (Å²) in [7, 11) is 3.01. The van der Waals surface area contributed by atoms with Crippen molar-refractivity contribution in [2.24, 2.45) is 14.1 Å². The van der Waals surface area contributed by atoms with E-state index in [9.17, 15) is 9.59 Å². The largest absolute Gasteiger partial charge is 0.425 e. The molecule has 0 N–H and O–H groups in total. The van der Waals surface area contributed by atoms with Crippen LogP contribution in [0.15, 0.2) is 46.0 Å². The number of nitrogens with zero attached hydrogens (tertiary/aromatic N) is 4. The van der Waals surface area contributed by atoms with Crippen LogP contribution >= 0.6 is 23.2 Å². The van der Waals surface area contributed by atoms with Crippen molar-refractivity contribution in [3.63, 3.8) is 0 Å². The molecule has 0 aliphatic rings. The van der Waals surface area contributed by atoms with Gasteiger partial charge >= 0.3 is 11.7 Å². The van der Waals surface area contributed by atoms with Crippen LogP contribution in [0.4, 0.5) is 0 Å². The average Bonchev–Trinajstić information content (AvgIpc) is 3.08. The summed E-state index contributed by atoms with van der Waals surface area (Å²) in [5.41, 5.74) is 2.24. The monoisotopic (exact) mass is 458 g/mol. The van der Waals surface area contributed by atoms with Gasteiger partial charge in [-0.2, -0.15) is 4.98 Å². The van der Waals surface area contributed by atoms with E-state index in [2.05, 4.69) is 4.98 Å². The molecule has 7 nitrogen and oxygen atoms in total. The Morgan fingerprint density at radius 3 is 2.19 bits per heavy atom. The number of aromatic nitrogens is 4. The lowest BCUT2D eigenvalue weighted by atomic mass is 10.1. The van der Waals surface area contributed by atoms with Gasteiger partial charge in [-0.15, -0.1) is 0 Å². The van der Waals surface area contributed by atoms with Crippen molar-refractivity contribution in [1.82, 2.24) is 18.7 Å². The van der Waals surface area contributed by atoms with Crippen LogP contribution in [0.25, 0.3) is 11.2 Å². The van der Waals surface area contributed by atoms with Crippen LogP contribution in [-0.4, -0.2) is 18.7 Å². The first kappa shape index (κ1) is 21.2. The molecular weight excluding hydrogens is 439 g/mol. The van der Waals surface area contributed by atoms with Gasteiger partial charge in [0.25, 0.3) is 5.56 Å². The fourth-order valence-corrected chi connectivity index (χ4v) is 3.73. The molecule has 2 aromatic carbocycles. The Morgan fingerprint density at radius 2 is 1.58 bits per heavy atom. The summed E-state index contributed by atoms with van der Waals surface area (Å²) in [5.74, 6) is 0.536. The van der Waals surface area contributed by atoms with E-state index >= 15 is 0 Å². The first-order chi connectivity index (χ1) is 14.7. The summed E-state index contributed by atoms with van der Waals surface area (Å²) in [6.07, 6.45) is 0. The molecule has 0 saturated carbocycles. The summed E-state index contributed by atoms with van der Waals surface area (Å²) in [4.78, 5) is 29.9. The summed E-state index contributed by atoms with van der Waals surface area (Å²) in [6, 6.07) is 11.1. The van der Waals surface area contributed by atoms with Crippen molar-refractivity contribution < 1.29 is 4.74 Å². The van der Waals surface area contributed by atoms with Gasteiger partial charge in [-0.05, 0) is 54.8 Å². The Morgan fingerprint density at radius 1 is 0.968 bits per heavy atom. The Labute approximate surface area is 188 Å². The van der Waals surface area contributed by atoms with Crippen LogP contribution < -0.4 is 16.0 Å². The quantitative estimate of drug-likeness (QED) is 0.459. The second-order valence-corrected chi connectivity index (χ2v) is 8.27. The van der Waals surface area contributed by atoms with Crippen LogP contribution in [0.1, 0.15) is 16.7 Å². The number of rotatable bonds is 4. The molecule has 0 saturated heterocycles. The van der Waals surface area contributed by atoms with E-state index in [1.165, 1.54) is 11.6 Å². The molecule has 31 heavy (non-hydrogen) atoms. The average molecular weight is 459 g/mol. The molecule has 0 atom stereocenters. The Bertz CT molecular complexity index is 1410. The molecule has 9 heteroatoms. The lowest BCUT2D eigenvalue weighted by Gasteiger charge is -2.12. The van der Waals surface area contributed by atoms with Crippen molar-refractivity contribution in [1.29, 1.82) is 0 Å². The van der Waals surface area contributed by atoms with Crippen molar-refractivity contribution in [3.05, 3.63) is 84.0 Å². The lowest BCUT2D eigenvalue weighted by molar-refractivity contribution is 0.420. The van der Waals surface area contributed by atoms with E-state index in [1.807, 2.05) is 26.0 Å². The van der Waals surface area contributed by atoms with Crippen molar-refractivity contribution >= 4 is 34.4 Å². The Kier molecular flexibility index (Phi) is 5.41. The predicted molar refractivity (Wildman–Crippen MR) is 122 cm³/mol. The van der Waals surface area contributed by atoms with Crippen molar-refractivity contribution in [2.75, 3.05) is 0 Å². The number of hydrogen-bond acceptors (Lipinski definition) is 4. The maximum absolute atomic E-state index is 13.0. The van der Waals surface area contributed by atoms with E-state index in [0.717, 1.165) is 21.3 Å². The number of fused-ring (bicyclic) bond motifs is 1. The molecule has 4 rings (SSSR count). The third-order valence-corrected chi connectivity index (χ3v) is 6.03. The minimum Gasteiger partial charge on any atom is -0.425 e. The topological polar surface area (TPSA) is 71.1 Å². The van der Waals surface area contributed by atoms with Gasteiger partial charge in [0.15, 0.2) is 11.2 Å². The molecule has 160 valence electrons. The number of hydrogen-bond donors (Lipinski definition) is 0. The zero-order valence-corrected chi connectivity index (χ0v) is 19.0. The van der Waals surface area contributed by atoms with Crippen LogP contribution in [0.5, 0.6) is 11.8 Å². The second kappa shape index (κ2) is 7.90. The standard InChI is InChI=1S/C22H20Cl2N4O3/c1-12-9-16(10-13(2)17(12)24)31-21-25-19-18(20(29)27(4)22(30)26(19)3)28(21)11-14-5-7-15(23)8-6-14/h5-10H,11H2,1-4H3. The maximum Gasteiger partial charge on any atom is 0.332 e. The highest BCUT2D eigenvalue weighted by molar-refractivity contribution is 6.32. The number of aryl methyl sites for hydroxylation is 3. The fraction of sp³-hybridized carbons (Fsp3) is 0.227. The molecule has 2 heterocycles. The SMILES string of the molecule is Cc1cc(Oc2nc3c(c(=O)n(C)c(=O)n3C)n2Cc2ccc(Cl)cc2)cc(C)c1Cl. The van der Waals surface area contributed by atoms with Crippen LogP contribution in [-0.2, 0) is 20.6 Å². The molecule has 0 bridgehead atoms. The van der Waals surface area contributed by atoms with E-state index in [-0.39, 0.29) is 17.2 Å². The third kappa shape index (κ3) is 3.75. The molecule has 0 unspecified atom stereocenters. The molecule has 0 aliphatic heterocycles. The smallest absolute Gasteiger partial charge is 0.332 e. The summed E-state index contributed by atoms with van der Waals surface area (Å²) >= 11 is 12.3. The van der Waals surface area contributed by atoms with Gasteiger partial charge in [-0.3, -0.25) is 18.5 Å². The van der Waals surface area contributed by atoms with E-state index in [1.54, 1.807) is 35.9 Å². The molecule has 0 spiro atoms. The van der Waals surface area contributed by atoms with Gasteiger partial charge in [0, 0.05) is 24.1 Å². The Hall–Kier alpha value is -3.03. The van der Waals surface area contributed by atoms with E-state index in [0.29, 0.717) is 22.3 Å². The highest BCUT2D eigenvalue weighted by Crippen LogP contribution is 2.30. The maximum atomic E-state index is 13.0. The molecule has 4 aromatic rings. The van der Waals surface area contributed by atoms with Crippen LogP contribution in [0.3, 0.4) is 0 Å². The van der Waals surface area contributed by atoms with Crippen molar-refractivity contribution in [3.8, 4) is 11.8 Å². The highest BCUT2D eigenvalue weighted by atomic mass is 35.5. The van der Waals surface area contributed by atoms with E-state index < -0.39 is 11.2 Å². The van der Waals surface area contributed by atoms with Gasteiger partial charge in [0.05, 0.1) is 6.54 Å². The molecular formula is C22H20Cl2N4O3.